The number of hydrogen-bond donors (Lipinski definition) is 1. The Labute approximate surface area is 187 Å². The number of nitrogens with zero attached hydrogens (tertiary/aromatic N) is 3. The van der Waals surface area contributed by atoms with Crippen LogP contribution in [0.15, 0.2) is 48.7 Å². The molecule has 1 atom stereocenters. The minimum Gasteiger partial charge on any atom is -0.496 e. The van der Waals surface area contributed by atoms with Crippen molar-refractivity contribution in [3.8, 4) is 22.6 Å². The van der Waals surface area contributed by atoms with Crippen LogP contribution in [0.25, 0.3) is 11.1 Å². The number of rotatable bonds is 5. The van der Waals surface area contributed by atoms with Crippen LogP contribution in [0.1, 0.15) is 27.8 Å². The maximum atomic E-state index is 13.4. The summed E-state index contributed by atoms with van der Waals surface area (Å²) >= 11 is 0. The van der Waals surface area contributed by atoms with Gasteiger partial charge in [0.1, 0.15) is 29.0 Å². The topological polar surface area (TPSA) is 99.8 Å². The maximum Gasteiger partial charge on any atom is 0.261 e. The Morgan fingerprint density at radius 2 is 1.88 bits per heavy atom. The zero-order chi connectivity index (χ0) is 22.7. The van der Waals surface area contributed by atoms with Crippen molar-refractivity contribution in [1.29, 1.82) is 0 Å². The number of aromatic nitrogens is 2. The Bertz CT molecular complexity index is 1100. The average Bonchev–Trinajstić information content (AvgIpc) is 2.83. The first kappa shape index (κ1) is 21.6. The van der Waals surface area contributed by atoms with Gasteiger partial charge in [-0.25, -0.2) is 4.98 Å². The Morgan fingerprint density at radius 3 is 2.53 bits per heavy atom. The predicted molar refractivity (Wildman–Crippen MR) is 121 cm³/mol. The van der Waals surface area contributed by atoms with Crippen LogP contribution in [-0.4, -0.2) is 54.7 Å². The number of aryl methyl sites for hydroxylation is 1. The summed E-state index contributed by atoms with van der Waals surface area (Å²) in [5.41, 5.74) is 9.65. The quantitative estimate of drug-likeness (QED) is 0.658. The van der Waals surface area contributed by atoms with Crippen molar-refractivity contribution in [3.63, 3.8) is 0 Å². The highest BCUT2D eigenvalue weighted by molar-refractivity contribution is 5.99. The molecule has 0 radical (unpaired) electrons. The summed E-state index contributed by atoms with van der Waals surface area (Å²) < 4.78 is 16.8. The van der Waals surface area contributed by atoms with Gasteiger partial charge in [-0.2, -0.15) is 0 Å². The van der Waals surface area contributed by atoms with Crippen LogP contribution in [0, 0.1) is 6.92 Å². The molecule has 1 aromatic carbocycles. The highest BCUT2D eigenvalue weighted by Crippen LogP contribution is 2.32. The molecular weight excluding hydrogens is 408 g/mol. The summed E-state index contributed by atoms with van der Waals surface area (Å²) in [4.78, 5) is 24.0. The molecule has 1 unspecified atom stereocenters. The Kier molecular flexibility index (Phi) is 6.23. The molecule has 3 aromatic rings. The third-order valence-electron chi connectivity index (χ3n) is 5.42. The number of amides is 1. The van der Waals surface area contributed by atoms with Gasteiger partial charge >= 0.3 is 0 Å². The molecule has 1 aliphatic heterocycles. The molecule has 32 heavy (non-hydrogen) atoms. The summed E-state index contributed by atoms with van der Waals surface area (Å²) in [6, 6.07) is 13.0. The predicted octanol–water partition coefficient (Wildman–Crippen LogP) is 3.27. The fourth-order valence-electron chi connectivity index (χ4n) is 3.83. The van der Waals surface area contributed by atoms with Gasteiger partial charge < -0.3 is 24.8 Å². The van der Waals surface area contributed by atoms with Gasteiger partial charge in [-0.15, -0.1) is 0 Å². The van der Waals surface area contributed by atoms with Crippen molar-refractivity contribution >= 4 is 11.7 Å². The van der Waals surface area contributed by atoms with Crippen molar-refractivity contribution in [2.45, 2.75) is 13.0 Å². The van der Waals surface area contributed by atoms with E-state index in [-0.39, 0.29) is 12.0 Å². The van der Waals surface area contributed by atoms with E-state index in [4.69, 9.17) is 19.9 Å². The number of morpholine rings is 1. The molecule has 3 heterocycles. The molecule has 1 amide bonds. The van der Waals surface area contributed by atoms with Gasteiger partial charge in [-0.3, -0.25) is 9.78 Å². The summed E-state index contributed by atoms with van der Waals surface area (Å²) in [7, 11) is 3.08. The van der Waals surface area contributed by atoms with E-state index in [1.165, 1.54) is 14.2 Å². The van der Waals surface area contributed by atoms with Gasteiger partial charge in [0, 0.05) is 24.0 Å². The molecule has 0 spiro atoms. The summed E-state index contributed by atoms with van der Waals surface area (Å²) in [6.45, 7) is 3.18. The monoisotopic (exact) mass is 434 g/mol. The number of benzene rings is 1. The molecule has 1 aliphatic rings. The molecule has 0 bridgehead atoms. The van der Waals surface area contributed by atoms with Crippen LogP contribution in [-0.2, 0) is 4.74 Å². The summed E-state index contributed by atoms with van der Waals surface area (Å²) in [5, 5.41) is 0. The van der Waals surface area contributed by atoms with Gasteiger partial charge in [0.05, 0.1) is 33.1 Å². The molecule has 4 rings (SSSR count). The molecule has 1 saturated heterocycles. The minimum absolute atomic E-state index is 0.164. The first-order valence-electron chi connectivity index (χ1n) is 10.3. The minimum atomic E-state index is -0.353. The summed E-state index contributed by atoms with van der Waals surface area (Å²) in [5.74, 6) is 1.26. The molecule has 0 saturated carbocycles. The molecule has 8 nitrogen and oxygen atoms in total. The number of nitrogen functional groups attached to an aromatic ring is 1. The molecule has 2 N–H and O–H groups in total. The Morgan fingerprint density at radius 1 is 1.12 bits per heavy atom. The van der Waals surface area contributed by atoms with Crippen molar-refractivity contribution < 1.29 is 19.0 Å². The standard InChI is InChI=1S/C24H26N4O4/c1-15-11-17(16-7-8-22(25)26-13-16)12-18(27-15)21-14-28(9-10-32-21)24(29)23-19(30-2)5-4-6-20(23)31-3/h4-8,11-13,21H,9-10,14H2,1-3H3,(H2,25,26). The third kappa shape index (κ3) is 4.36. The maximum absolute atomic E-state index is 13.4. The summed E-state index contributed by atoms with van der Waals surface area (Å²) in [6.07, 6.45) is 1.38. The molecule has 0 aliphatic carbocycles. The second-order valence-electron chi connectivity index (χ2n) is 7.54. The van der Waals surface area contributed by atoms with Crippen LogP contribution < -0.4 is 15.2 Å². The number of carbonyl (C=O) groups excluding carboxylic acids is 1. The lowest BCUT2D eigenvalue weighted by Gasteiger charge is -2.33. The van der Waals surface area contributed by atoms with E-state index in [0.717, 1.165) is 22.5 Å². The molecule has 8 heteroatoms. The van der Waals surface area contributed by atoms with Gasteiger partial charge in [0.15, 0.2) is 0 Å². The lowest BCUT2D eigenvalue weighted by Crippen LogP contribution is -2.42. The van der Waals surface area contributed by atoms with Crippen LogP contribution >= 0.6 is 0 Å². The molecule has 1 fully saturated rings. The van der Waals surface area contributed by atoms with Crippen LogP contribution in [0.3, 0.4) is 0 Å². The van der Waals surface area contributed by atoms with Crippen LogP contribution in [0.4, 0.5) is 5.82 Å². The second kappa shape index (κ2) is 9.23. The lowest BCUT2D eigenvalue weighted by atomic mass is 10.0. The highest BCUT2D eigenvalue weighted by atomic mass is 16.5. The third-order valence-corrected chi connectivity index (χ3v) is 5.42. The number of ether oxygens (including phenoxy) is 3. The van der Waals surface area contributed by atoms with Gasteiger partial charge in [0.2, 0.25) is 0 Å². The first-order chi connectivity index (χ1) is 15.5. The number of hydrogen-bond acceptors (Lipinski definition) is 7. The molecule has 166 valence electrons. The Balaban J connectivity index is 1.61. The average molecular weight is 434 g/mol. The van der Waals surface area contributed by atoms with Crippen molar-refractivity contribution in [2.75, 3.05) is 39.6 Å². The Hall–Kier alpha value is -3.65. The van der Waals surface area contributed by atoms with E-state index in [1.807, 2.05) is 25.1 Å². The number of carbonyl (C=O) groups is 1. The fourth-order valence-corrected chi connectivity index (χ4v) is 3.83. The highest BCUT2D eigenvalue weighted by Gasteiger charge is 2.30. The van der Waals surface area contributed by atoms with Crippen molar-refractivity contribution in [2.24, 2.45) is 0 Å². The normalized spacial score (nSPS) is 16.0. The van der Waals surface area contributed by atoms with Gasteiger partial charge in [-0.05, 0) is 48.9 Å². The van der Waals surface area contributed by atoms with Crippen molar-refractivity contribution in [1.82, 2.24) is 14.9 Å². The van der Waals surface area contributed by atoms with E-state index >= 15 is 0 Å². The van der Waals surface area contributed by atoms with Gasteiger partial charge in [0.25, 0.3) is 5.91 Å². The SMILES string of the molecule is COc1cccc(OC)c1C(=O)N1CCOC(c2cc(-c3ccc(N)nc3)cc(C)n2)C1. The molecular formula is C24H26N4O4. The van der Waals surface area contributed by atoms with Crippen LogP contribution in [0.2, 0.25) is 0 Å². The van der Waals surface area contributed by atoms with E-state index in [0.29, 0.717) is 42.6 Å². The number of nitrogens with two attached hydrogens (primary N) is 1. The number of pyridine rings is 2. The van der Waals surface area contributed by atoms with E-state index in [2.05, 4.69) is 9.97 Å². The van der Waals surface area contributed by atoms with E-state index in [1.54, 1.807) is 35.4 Å². The molecule has 2 aromatic heterocycles. The van der Waals surface area contributed by atoms with E-state index < -0.39 is 0 Å². The van der Waals surface area contributed by atoms with E-state index in [9.17, 15) is 4.79 Å². The largest absolute Gasteiger partial charge is 0.496 e. The number of methoxy groups -OCH3 is 2. The smallest absolute Gasteiger partial charge is 0.261 e. The second-order valence-corrected chi connectivity index (χ2v) is 7.54. The lowest BCUT2D eigenvalue weighted by molar-refractivity contribution is -0.0249. The van der Waals surface area contributed by atoms with Gasteiger partial charge in [-0.1, -0.05) is 6.07 Å². The van der Waals surface area contributed by atoms with Crippen molar-refractivity contribution in [3.05, 3.63) is 65.6 Å². The van der Waals surface area contributed by atoms with Crippen LogP contribution in [0.5, 0.6) is 11.5 Å². The zero-order valence-corrected chi connectivity index (χ0v) is 18.4. The first-order valence-corrected chi connectivity index (χ1v) is 10.3. The fraction of sp³-hybridized carbons (Fsp3) is 0.292. The number of anilines is 1. The zero-order valence-electron chi connectivity index (χ0n) is 18.4.